The lowest BCUT2D eigenvalue weighted by Crippen LogP contribution is -2.72. The van der Waals surface area contributed by atoms with Crippen LogP contribution in [-0.2, 0) is 61.3 Å². The minimum absolute atomic E-state index is 0.137. The molecule has 3 atom stereocenters. The van der Waals surface area contributed by atoms with Crippen molar-refractivity contribution in [2.45, 2.75) is 128 Å². The summed E-state index contributed by atoms with van der Waals surface area (Å²) in [5.74, 6) is 3.97. The summed E-state index contributed by atoms with van der Waals surface area (Å²) >= 11 is 4.44. The Morgan fingerprint density at radius 3 is 1.17 bits per heavy atom. The predicted molar refractivity (Wildman–Crippen MR) is 462 cm³/mol. The summed E-state index contributed by atoms with van der Waals surface area (Å²) in [5.41, 5.74) is 13.5. The number of amides is 1. The third-order valence-corrected chi connectivity index (χ3v) is 30.4. The molecule has 36 heteroatoms. The highest BCUT2D eigenvalue weighted by Crippen LogP contribution is 2.50. The number of benzene rings is 3. The van der Waals surface area contributed by atoms with Gasteiger partial charge >= 0.3 is 24.7 Å². The van der Waals surface area contributed by atoms with E-state index < -0.39 is 50.4 Å². The monoisotopic (exact) mass is 1790 g/mol. The standard InChI is InChI=1S/C25H26F3N5OS.C22H24F3N5S.C22H23F3N4S.C19H23F3N4OS/c1-31-20-8-16(2-3-17(20)9-21(31)34)12-32-6-4-24(13-32)5-7-33(14-24)22-19-10-18(11-25(26,27)28)35-23(19)30-15-29-22;23-22(24,25)10-17-9-18-19(27-14-28-20(18)31-17)30-7-5-21(13-30)4-6-29(12-21)11-15-2-1-3-16(26)8-15;23-22(24,25)11-17-10-18-19(26-15-27-20(18)30-17)29-9-7-21(14-29)6-8-28(13-21)12-16-4-2-1-3-5-16;20-19(21,22)6-14-5-15-16(23-12-24-17(15)28-14)26-10-18(11-26)8-25(9-18)7-13-1-3-27-4-2-13/h2-3,8,10,15H,4-7,9,11-14H2,1H3;1-3,8-9,14H,4-7,10-13,26H2;1-5,10,15H,6-9,11-14H2;5,12-13H,1-4,6-11H2. The Hall–Kier alpha value is -8.75. The Labute approximate surface area is 725 Å². The number of anilines is 6. The van der Waals surface area contributed by atoms with Gasteiger partial charge in [0.05, 0.1) is 53.6 Å². The SMILES string of the molecule is CN1C(=O)Cc2ccc(CN3CCC4(CCN(c5ncnc6sc(CC(F)(F)F)cc56)C4)C3)cc21.FC(F)(F)Cc1cc2c(N3CC4(CN(CC5CCOCC5)C4)C3)ncnc2s1.FC(F)(F)Cc1cc2c(N3CCC4(CCN(Cc5ccccc5)C4)C3)ncnc2s1.Nc1cccc(CN2CCC3(CCN(c4ncnc5sc(CC(F)(F)F)cc45)C3)C2)c1. The maximum absolute atomic E-state index is 12.9. The van der Waals surface area contributed by atoms with Gasteiger partial charge in [-0.05, 0) is 142 Å². The van der Waals surface area contributed by atoms with E-state index in [0.717, 1.165) is 308 Å². The van der Waals surface area contributed by atoms with Crippen molar-refractivity contribution in [3.63, 3.8) is 0 Å². The first-order chi connectivity index (χ1) is 59.2. The number of likely N-dealkylation sites (N-methyl/N-ethyl adjacent to an activating group) is 1. The van der Waals surface area contributed by atoms with Crippen molar-refractivity contribution in [2.24, 2.45) is 27.6 Å². The van der Waals surface area contributed by atoms with Crippen LogP contribution >= 0.6 is 45.3 Å². The molecule has 0 saturated carbocycles. The average molecular weight is 1790 g/mol. The average Bonchev–Trinajstić information content (AvgIpc) is 0.998. The number of hydrogen-bond acceptors (Lipinski definition) is 23. The van der Waals surface area contributed by atoms with Gasteiger partial charge in [0.2, 0.25) is 5.91 Å². The lowest BCUT2D eigenvalue weighted by Gasteiger charge is -2.61. The number of hydrogen-bond donors (Lipinski definition) is 1. The largest absolute Gasteiger partial charge is 0.399 e. The Morgan fingerprint density at radius 2 is 0.766 bits per heavy atom. The molecular weight excluding hydrogens is 1700 g/mol. The minimum atomic E-state index is -4.23. The molecule has 3 aromatic carbocycles. The second-order valence-corrected chi connectivity index (χ2v) is 40.4. The summed E-state index contributed by atoms with van der Waals surface area (Å²) in [6.45, 7) is 21.1. The number of likely N-dealkylation sites (tertiary alicyclic amines) is 4. The van der Waals surface area contributed by atoms with Gasteiger partial charge in [0.1, 0.15) is 67.9 Å². The van der Waals surface area contributed by atoms with Crippen LogP contribution in [0.4, 0.5) is 87.3 Å². The van der Waals surface area contributed by atoms with Gasteiger partial charge < -0.3 is 39.9 Å². The normalized spacial score (nSPS) is 22.7. The summed E-state index contributed by atoms with van der Waals surface area (Å²) in [4.78, 5) is 70.9. The van der Waals surface area contributed by atoms with Crippen LogP contribution in [0, 0.1) is 27.6 Å². The van der Waals surface area contributed by atoms with E-state index in [4.69, 9.17) is 10.5 Å². The zero-order valence-electron chi connectivity index (χ0n) is 68.5. The lowest BCUT2D eigenvalue weighted by molar-refractivity contribution is -0.127. The molecule has 124 heavy (non-hydrogen) atoms. The number of rotatable bonds is 16. The van der Waals surface area contributed by atoms with E-state index in [2.05, 4.69) is 128 Å². The van der Waals surface area contributed by atoms with Crippen molar-refractivity contribution >= 4 is 127 Å². The zero-order valence-corrected chi connectivity index (χ0v) is 71.8. The molecular formula is C88H96F12N18O2S4. The van der Waals surface area contributed by atoms with Gasteiger partial charge in [-0.25, -0.2) is 39.9 Å². The summed E-state index contributed by atoms with van der Waals surface area (Å²) in [7, 11) is 1.83. The maximum atomic E-state index is 12.9. The number of thiophene rings is 4. The van der Waals surface area contributed by atoms with E-state index in [1.54, 1.807) is 29.2 Å². The minimum Gasteiger partial charge on any atom is -0.399 e. The van der Waals surface area contributed by atoms with Crippen LogP contribution in [0.15, 0.2) is 122 Å². The Kier molecular flexibility index (Phi) is 23.9. The zero-order chi connectivity index (χ0) is 86.1. The van der Waals surface area contributed by atoms with Crippen LogP contribution in [0.3, 0.4) is 0 Å². The Bertz CT molecular complexity index is 5650. The van der Waals surface area contributed by atoms with Crippen molar-refractivity contribution < 1.29 is 62.2 Å². The van der Waals surface area contributed by atoms with Gasteiger partial charge in [0.15, 0.2) is 0 Å². The summed E-state index contributed by atoms with van der Waals surface area (Å²) in [5, 5.41) is 2.96. The molecule has 10 aliphatic rings. The van der Waals surface area contributed by atoms with Crippen molar-refractivity contribution in [1.82, 2.24) is 59.5 Å². The molecule has 2 N–H and O–H groups in total. The second-order valence-electron chi connectivity index (χ2n) is 36.0. The van der Waals surface area contributed by atoms with E-state index in [-0.39, 0.29) is 31.9 Å². The fourth-order valence-electron chi connectivity index (χ4n) is 20.6. The van der Waals surface area contributed by atoms with E-state index in [1.807, 2.05) is 31.3 Å². The molecule has 1 amide bonds. The topological polar surface area (TPSA) is 185 Å². The van der Waals surface area contributed by atoms with Crippen LogP contribution in [0.1, 0.15) is 93.1 Å². The molecule has 9 fully saturated rings. The first-order valence-corrected chi connectivity index (χ1v) is 45.5. The molecule has 9 saturated heterocycles. The van der Waals surface area contributed by atoms with Crippen LogP contribution in [0.2, 0.25) is 0 Å². The van der Waals surface area contributed by atoms with E-state index in [9.17, 15) is 57.5 Å². The number of carbonyl (C=O) groups excluding carboxylic acids is 1. The van der Waals surface area contributed by atoms with Crippen LogP contribution in [0.25, 0.3) is 40.9 Å². The number of aromatic nitrogens is 8. The lowest BCUT2D eigenvalue weighted by atomic mass is 9.72. The molecule has 4 spiro atoms. The van der Waals surface area contributed by atoms with Gasteiger partial charge in [-0.3, -0.25) is 19.5 Å². The number of nitrogen functional groups attached to an aromatic ring is 1. The number of nitrogens with zero attached hydrogens (tertiary/aromatic N) is 17. The van der Waals surface area contributed by atoms with Crippen molar-refractivity contribution in [1.29, 1.82) is 0 Å². The number of ether oxygens (including phenoxy) is 1. The highest BCUT2D eigenvalue weighted by atomic mass is 32.1. The molecule has 18 heterocycles. The maximum Gasteiger partial charge on any atom is 0.393 e. The number of nitrogens with two attached hydrogens (primary N) is 1. The van der Waals surface area contributed by atoms with E-state index in [0.29, 0.717) is 40.9 Å². The third-order valence-electron chi connectivity index (χ3n) is 26.3. The molecule has 8 aromatic heterocycles. The number of fused-ring (bicyclic) bond motifs is 5. The molecule has 10 aliphatic heterocycles. The molecule has 658 valence electrons. The Balaban J connectivity index is 0.000000113. The molecule has 0 radical (unpaired) electrons. The number of alkyl halides is 12. The summed E-state index contributed by atoms with van der Waals surface area (Å²) in [6, 6.07) is 31.4. The third kappa shape index (κ3) is 19.8. The van der Waals surface area contributed by atoms with Crippen LogP contribution in [0.5, 0.6) is 0 Å². The molecule has 0 bridgehead atoms. The highest BCUT2D eigenvalue weighted by Gasteiger charge is 2.53. The molecule has 21 rings (SSSR count). The van der Waals surface area contributed by atoms with Crippen LogP contribution in [-0.4, -0.2) is 222 Å². The van der Waals surface area contributed by atoms with E-state index >= 15 is 0 Å². The first kappa shape index (κ1) is 86.0. The smallest absolute Gasteiger partial charge is 0.393 e. The number of carbonyl (C=O) groups is 1. The fourth-order valence-corrected chi connectivity index (χ4v) is 24.7. The number of halogens is 12. The van der Waals surface area contributed by atoms with Crippen molar-refractivity contribution in [3.05, 3.63) is 164 Å². The highest BCUT2D eigenvalue weighted by molar-refractivity contribution is 7.19. The predicted octanol–water partition coefficient (Wildman–Crippen LogP) is 17.1. The summed E-state index contributed by atoms with van der Waals surface area (Å²) < 4.78 is 159. The van der Waals surface area contributed by atoms with Crippen molar-refractivity contribution in [2.75, 3.05) is 162 Å². The van der Waals surface area contributed by atoms with Crippen LogP contribution < -0.4 is 30.2 Å². The first-order valence-electron chi connectivity index (χ1n) is 42.2. The van der Waals surface area contributed by atoms with Gasteiger partial charge in [-0.15, -0.1) is 45.3 Å². The second kappa shape index (κ2) is 34.4. The van der Waals surface area contributed by atoms with Gasteiger partial charge in [-0.1, -0.05) is 54.6 Å². The fraction of sp³-hybridized carbons (Fsp3) is 0.511. The molecule has 0 aliphatic carbocycles. The quantitative estimate of drug-likeness (QED) is 0.0711. The van der Waals surface area contributed by atoms with Gasteiger partial charge in [-0.2, -0.15) is 52.7 Å². The van der Waals surface area contributed by atoms with Gasteiger partial charge in [0.25, 0.3) is 0 Å². The van der Waals surface area contributed by atoms with Gasteiger partial charge in [0, 0.05) is 184 Å². The van der Waals surface area contributed by atoms with Crippen molar-refractivity contribution in [3.8, 4) is 0 Å². The molecule has 11 aromatic rings. The molecule has 20 nitrogen and oxygen atoms in total. The molecule has 3 unspecified atom stereocenters. The summed E-state index contributed by atoms with van der Waals surface area (Å²) in [6.07, 6.45) is -5.32. The van der Waals surface area contributed by atoms with E-state index in [1.165, 1.54) is 42.0 Å². The Morgan fingerprint density at radius 1 is 0.403 bits per heavy atom.